The van der Waals surface area contributed by atoms with Crippen molar-refractivity contribution in [2.24, 2.45) is 0 Å². The molecule has 1 atom stereocenters. The van der Waals surface area contributed by atoms with Crippen LogP contribution in [0.25, 0.3) is 0 Å². The van der Waals surface area contributed by atoms with Crippen molar-refractivity contribution < 1.29 is 0 Å². The molecule has 1 aliphatic heterocycles. The highest BCUT2D eigenvalue weighted by Crippen LogP contribution is 2.18. The third-order valence-corrected chi connectivity index (χ3v) is 3.65. The van der Waals surface area contributed by atoms with Gasteiger partial charge in [0.2, 0.25) is 0 Å². The molecule has 0 spiro atoms. The summed E-state index contributed by atoms with van der Waals surface area (Å²) in [4.78, 5) is 11.0. The minimum absolute atomic E-state index is 0.555. The summed E-state index contributed by atoms with van der Waals surface area (Å²) in [5.41, 5.74) is 1.08. The number of rotatable bonds is 5. The van der Waals surface area contributed by atoms with E-state index in [-0.39, 0.29) is 0 Å². The molecule has 0 radical (unpaired) electrons. The van der Waals surface area contributed by atoms with Crippen molar-refractivity contribution in [3.63, 3.8) is 0 Å². The Morgan fingerprint density at radius 3 is 2.61 bits per heavy atom. The summed E-state index contributed by atoms with van der Waals surface area (Å²) in [7, 11) is 1.88. The average Bonchev–Trinajstić information content (AvgIpc) is 2.91. The highest BCUT2D eigenvalue weighted by molar-refractivity contribution is 5.56. The zero-order valence-corrected chi connectivity index (χ0v) is 11.5. The quantitative estimate of drug-likeness (QED) is 0.832. The fourth-order valence-electron chi connectivity index (χ4n) is 2.44. The molecule has 1 unspecified atom stereocenters. The maximum Gasteiger partial charge on any atom is 0.134 e. The SMILES string of the molecule is CNc1ncnc(NCC(C)N2CCCC2)c1C. The van der Waals surface area contributed by atoms with E-state index in [2.05, 4.69) is 32.4 Å². The zero-order chi connectivity index (χ0) is 13.0. The molecule has 0 amide bonds. The summed E-state index contributed by atoms with van der Waals surface area (Å²) < 4.78 is 0. The van der Waals surface area contributed by atoms with E-state index in [1.54, 1.807) is 6.33 Å². The Kier molecular flexibility index (Phi) is 4.36. The minimum atomic E-state index is 0.555. The van der Waals surface area contributed by atoms with Gasteiger partial charge in [-0.05, 0) is 39.8 Å². The number of nitrogens with one attached hydrogen (secondary N) is 2. The molecule has 2 heterocycles. The molecule has 100 valence electrons. The van der Waals surface area contributed by atoms with Crippen LogP contribution in [0.2, 0.25) is 0 Å². The van der Waals surface area contributed by atoms with Gasteiger partial charge in [-0.2, -0.15) is 0 Å². The number of aromatic nitrogens is 2. The van der Waals surface area contributed by atoms with Crippen molar-refractivity contribution in [2.45, 2.75) is 32.7 Å². The first-order valence-electron chi connectivity index (χ1n) is 6.69. The van der Waals surface area contributed by atoms with Gasteiger partial charge in [-0.1, -0.05) is 0 Å². The molecule has 2 N–H and O–H groups in total. The second kappa shape index (κ2) is 6.00. The lowest BCUT2D eigenvalue weighted by molar-refractivity contribution is 0.269. The van der Waals surface area contributed by atoms with E-state index in [4.69, 9.17) is 0 Å². The van der Waals surface area contributed by atoms with Crippen molar-refractivity contribution in [3.05, 3.63) is 11.9 Å². The van der Waals surface area contributed by atoms with Crippen LogP contribution in [-0.4, -0.2) is 47.6 Å². The number of nitrogens with zero attached hydrogens (tertiary/aromatic N) is 3. The largest absolute Gasteiger partial charge is 0.373 e. The van der Waals surface area contributed by atoms with E-state index in [9.17, 15) is 0 Å². The van der Waals surface area contributed by atoms with Crippen LogP contribution in [0.5, 0.6) is 0 Å². The molecule has 0 aromatic carbocycles. The van der Waals surface area contributed by atoms with Gasteiger partial charge < -0.3 is 10.6 Å². The third kappa shape index (κ3) is 2.90. The molecule has 5 heteroatoms. The van der Waals surface area contributed by atoms with E-state index < -0.39 is 0 Å². The van der Waals surface area contributed by atoms with E-state index >= 15 is 0 Å². The smallest absolute Gasteiger partial charge is 0.134 e. The van der Waals surface area contributed by atoms with Crippen LogP contribution < -0.4 is 10.6 Å². The molecule has 5 nitrogen and oxygen atoms in total. The minimum Gasteiger partial charge on any atom is -0.373 e. The summed E-state index contributed by atoms with van der Waals surface area (Å²) in [6.07, 6.45) is 4.27. The number of anilines is 2. The Balaban J connectivity index is 1.93. The van der Waals surface area contributed by atoms with Gasteiger partial charge in [-0.3, -0.25) is 4.90 Å². The van der Waals surface area contributed by atoms with E-state index in [0.717, 1.165) is 23.7 Å². The summed E-state index contributed by atoms with van der Waals surface area (Å²) in [5, 5.41) is 6.51. The summed E-state index contributed by atoms with van der Waals surface area (Å²) in [6, 6.07) is 0.555. The molecule has 18 heavy (non-hydrogen) atoms. The van der Waals surface area contributed by atoms with Crippen LogP contribution in [-0.2, 0) is 0 Å². The first-order chi connectivity index (χ1) is 8.72. The van der Waals surface area contributed by atoms with Crippen LogP contribution in [0.3, 0.4) is 0 Å². The first kappa shape index (κ1) is 13.1. The lowest BCUT2D eigenvalue weighted by Crippen LogP contribution is -2.35. The predicted molar refractivity (Wildman–Crippen MR) is 75.1 cm³/mol. The Hall–Kier alpha value is -1.36. The van der Waals surface area contributed by atoms with Crippen LogP contribution >= 0.6 is 0 Å². The summed E-state index contributed by atoms with van der Waals surface area (Å²) >= 11 is 0. The maximum absolute atomic E-state index is 4.30. The highest BCUT2D eigenvalue weighted by Gasteiger charge is 2.18. The summed E-state index contributed by atoms with van der Waals surface area (Å²) in [6.45, 7) is 7.70. The lowest BCUT2D eigenvalue weighted by Gasteiger charge is -2.24. The van der Waals surface area contributed by atoms with Gasteiger partial charge in [0.05, 0.1) is 0 Å². The Morgan fingerprint density at radius 1 is 1.28 bits per heavy atom. The van der Waals surface area contributed by atoms with Crippen LogP contribution in [0.15, 0.2) is 6.33 Å². The monoisotopic (exact) mass is 249 g/mol. The van der Waals surface area contributed by atoms with E-state index in [0.29, 0.717) is 6.04 Å². The van der Waals surface area contributed by atoms with Gasteiger partial charge in [0.1, 0.15) is 18.0 Å². The Bertz CT molecular complexity index is 387. The van der Waals surface area contributed by atoms with Crippen molar-refractivity contribution >= 4 is 11.6 Å². The van der Waals surface area contributed by atoms with Crippen molar-refractivity contribution in [3.8, 4) is 0 Å². The van der Waals surface area contributed by atoms with E-state index in [1.807, 2.05) is 14.0 Å². The normalized spacial score (nSPS) is 17.7. The lowest BCUT2D eigenvalue weighted by atomic mass is 10.2. The molecule has 0 bridgehead atoms. The molecule has 1 aromatic heterocycles. The van der Waals surface area contributed by atoms with Gasteiger partial charge in [-0.25, -0.2) is 9.97 Å². The van der Waals surface area contributed by atoms with Crippen LogP contribution in [0.4, 0.5) is 11.6 Å². The average molecular weight is 249 g/mol. The first-order valence-corrected chi connectivity index (χ1v) is 6.69. The fraction of sp³-hybridized carbons (Fsp3) is 0.692. The van der Waals surface area contributed by atoms with Crippen molar-refractivity contribution in [1.82, 2.24) is 14.9 Å². The third-order valence-electron chi connectivity index (χ3n) is 3.65. The van der Waals surface area contributed by atoms with Crippen LogP contribution in [0, 0.1) is 6.92 Å². The molecule has 0 aliphatic carbocycles. The maximum atomic E-state index is 4.30. The van der Waals surface area contributed by atoms with Gasteiger partial charge in [0.15, 0.2) is 0 Å². The number of hydrogen-bond donors (Lipinski definition) is 2. The second-order valence-corrected chi connectivity index (χ2v) is 4.92. The molecular formula is C13H23N5. The Morgan fingerprint density at radius 2 is 1.94 bits per heavy atom. The molecule has 1 saturated heterocycles. The second-order valence-electron chi connectivity index (χ2n) is 4.92. The molecule has 1 aromatic rings. The molecule has 1 aliphatic rings. The standard InChI is InChI=1S/C13H23N5/c1-10(18-6-4-5-7-18)8-15-13-11(2)12(14-3)16-9-17-13/h9-10H,4-8H2,1-3H3,(H2,14,15,16,17). The molecular weight excluding hydrogens is 226 g/mol. The predicted octanol–water partition coefficient (Wildman–Crippen LogP) is 1.72. The van der Waals surface area contributed by atoms with E-state index in [1.165, 1.54) is 25.9 Å². The van der Waals surface area contributed by atoms with Crippen molar-refractivity contribution in [1.29, 1.82) is 0 Å². The molecule has 0 saturated carbocycles. The summed E-state index contributed by atoms with van der Waals surface area (Å²) in [5.74, 6) is 1.82. The topological polar surface area (TPSA) is 53.1 Å². The van der Waals surface area contributed by atoms with Gasteiger partial charge >= 0.3 is 0 Å². The van der Waals surface area contributed by atoms with Crippen LogP contribution in [0.1, 0.15) is 25.3 Å². The zero-order valence-electron chi connectivity index (χ0n) is 11.5. The van der Waals surface area contributed by atoms with Gasteiger partial charge in [-0.15, -0.1) is 0 Å². The number of likely N-dealkylation sites (tertiary alicyclic amines) is 1. The highest BCUT2D eigenvalue weighted by atomic mass is 15.2. The van der Waals surface area contributed by atoms with Gasteiger partial charge in [0, 0.05) is 25.2 Å². The fourth-order valence-corrected chi connectivity index (χ4v) is 2.44. The number of hydrogen-bond acceptors (Lipinski definition) is 5. The molecule has 2 rings (SSSR count). The van der Waals surface area contributed by atoms with Crippen molar-refractivity contribution in [2.75, 3.05) is 37.3 Å². The Labute approximate surface area is 109 Å². The molecule has 1 fully saturated rings. The van der Waals surface area contributed by atoms with Gasteiger partial charge in [0.25, 0.3) is 0 Å².